The van der Waals surface area contributed by atoms with E-state index in [1.807, 2.05) is 0 Å². The summed E-state index contributed by atoms with van der Waals surface area (Å²) in [5.41, 5.74) is 5.66. The van der Waals surface area contributed by atoms with E-state index in [2.05, 4.69) is 5.32 Å². The van der Waals surface area contributed by atoms with Crippen LogP contribution in [0.1, 0.15) is 44.9 Å². The van der Waals surface area contributed by atoms with Crippen LogP contribution in [0.25, 0.3) is 0 Å². The predicted molar refractivity (Wildman–Crippen MR) is 74.3 cm³/mol. The number of amides is 1. The van der Waals surface area contributed by atoms with Crippen LogP contribution in [0.3, 0.4) is 0 Å². The van der Waals surface area contributed by atoms with Crippen LogP contribution in [-0.4, -0.2) is 29.6 Å². The van der Waals surface area contributed by atoms with Gasteiger partial charge in [0.1, 0.15) is 0 Å². The van der Waals surface area contributed by atoms with Crippen molar-refractivity contribution in [1.29, 1.82) is 0 Å². The van der Waals surface area contributed by atoms with Gasteiger partial charge in [0.05, 0.1) is 17.1 Å². The summed E-state index contributed by atoms with van der Waals surface area (Å²) in [5, 5.41) is 2.96. The Hall–Kier alpha value is -0.680. The Kier molecular flexibility index (Phi) is 4.95. The van der Waals surface area contributed by atoms with Crippen LogP contribution >= 0.6 is 12.2 Å². The zero-order valence-electron chi connectivity index (χ0n) is 10.7. The van der Waals surface area contributed by atoms with Gasteiger partial charge in [0.15, 0.2) is 0 Å². The highest BCUT2D eigenvalue weighted by molar-refractivity contribution is 7.80. The first kappa shape index (κ1) is 13.7. The fourth-order valence-electron chi connectivity index (χ4n) is 2.42. The van der Waals surface area contributed by atoms with Gasteiger partial charge in [-0.25, -0.2) is 0 Å². The van der Waals surface area contributed by atoms with E-state index in [1.165, 1.54) is 6.42 Å². The van der Waals surface area contributed by atoms with E-state index in [0.29, 0.717) is 17.3 Å². The van der Waals surface area contributed by atoms with Gasteiger partial charge in [-0.15, -0.1) is 0 Å². The summed E-state index contributed by atoms with van der Waals surface area (Å²) in [5.74, 6) is 0.520. The first-order chi connectivity index (χ1) is 8.66. The molecule has 1 saturated heterocycles. The van der Waals surface area contributed by atoms with Gasteiger partial charge >= 0.3 is 0 Å². The second-order valence-electron chi connectivity index (χ2n) is 5.31. The lowest BCUT2D eigenvalue weighted by molar-refractivity contribution is -0.122. The minimum Gasteiger partial charge on any atom is -0.392 e. The highest BCUT2D eigenvalue weighted by Crippen LogP contribution is 2.32. The molecule has 1 heterocycles. The maximum Gasteiger partial charge on any atom is 0.220 e. The first-order valence-corrected chi connectivity index (χ1v) is 7.28. The number of nitrogens with two attached hydrogens (primary N) is 1. The molecular formula is C13H22N2O2S. The molecule has 5 heteroatoms. The fourth-order valence-corrected chi connectivity index (χ4v) is 2.67. The molecule has 0 spiro atoms. The third-order valence-corrected chi connectivity index (χ3v) is 3.94. The highest BCUT2D eigenvalue weighted by atomic mass is 32.1. The molecule has 0 bridgehead atoms. The summed E-state index contributed by atoms with van der Waals surface area (Å²) in [4.78, 5) is 12.3. The Labute approximate surface area is 114 Å². The van der Waals surface area contributed by atoms with E-state index in [4.69, 9.17) is 22.7 Å². The fraction of sp³-hybridized carbons (Fsp3) is 0.846. The van der Waals surface area contributed by atoms with Crippen LogP contribution in [0.4, 0.5) is 0 Å². The summed E-state index contributed by atoms with van der Waals surface area (Å²) >= 11 is 5.00. The normalized spacial score (nSPS) is 25.4. The zero-order valence-corrected chi connectivity index (χ0v) is 11.5. The number of hydrogen-bond acceptors (Lipinski definition) is 3. The van der Waals surface area contributed by atoms with Crippen LogP contribution in [0.5, 0.6) is 0 Å². The van der Waals surface area contributed by atoms with E-state index in [-0.39, 0.29) is 18.1 Å². The van der Waals surface area contributed by atoms with E-state index in [1.54, 1.807) is 0 Å². The number of thiocarbonyl (C=S) groups is 1. The van der Waals surface area contributed by atoms with Crippen molar-refractivity contribution in [2.75, 3.05) is 6.61 Å². The second-order valence-corrected chi connectivity index (χ2v) is 5.78. The smallest absolute Gasteiger partial charge is 0.220 e. The zero-order chi connectivity index (χ0) is 13.0. The third kappa shape index (κ3) is 4.21. The minimum atomic E-state index is -0.0974. The highest BCUT2D eigenvalue weighted by Gasteiger charge is 2.34. The molecular weight excluding hydrogens is 248 g/mol. The van der Waals surface area contributed by atoms with Gasteiger partial charge in [-0.3, -0.25) is 4.79 Å². The average Bonchev–Trinajstić information content (AvgIpc) is 3.18. The van der Waals surface area contributed by atoms with Crippen molar-refractivity contribution in [3.05, 3.63) is 0 Å². The van der Waals surface area contributed by atoms with Crippen LogP contribution in [0, 0.1) is 5.92 Å². The number of nitrogens with one attached hydrogen (secondary N) is 1. The predicted octanol–water partition coefficient (Wildman–Crippen LogP) is 1.52. The number of rotatable bonds is 6. The van der Waals surface area contributed by atoms with Gasteiger partial charge in [-0.2, -0.15) is 0 Å². The van der Waals surface area contributed by atoms with Crippen molar-refractivity contribution in [1.82, 2.24) is 5.32 Å². The topological polar surface area (TPSA) is 64.3 Å². The third-order valence-electron chi connectivity index (χ3n) is 3.68. The van der Waals surface area contributed by atoms with Crippen molar-refractivity contribution >= 4 is 23.1 Å². The molecule has 0 aromatic carbocycles. The minimum absolute atomic E-state index is 0.0499. The lowest BCUT2D eigenvalue weighted by atomic mass is 10.0. The van der Waals surface area contributed by atoms with Crippen molar-refractivity contribution in [2.24, 2.45) is 11.7 Å². The maximum absolute atomic E-state index is 11.9. The Morgan fingerprint density at radius 2 is 2.17 bits per heavy atom. The van der Waals surface area contributed by atoms with Crippen LogP contribution in [-0.2, 0) is 9.53 Å². The molecule has 1 aliphatic heterocycles. The molecule has 2 atom stereocenters. The molecule has 1 amide bonds. The van der Waals surface area contributed by atoms with E-state index < -0.39 is 0 Å². The summed E-state index contributed by atoms with van der Waals surface area (Å²) in [6.45, 7) is 0.837. The lowest BCUT2D eigenvalue weighted by Crippen LogP contribution is -2.45. The summed E-state index contributed by atoms with van der Waals surface area (Å²) < 4.78 is 5.61. The summed E-state index contributed by atoms with van der Waals surface area (Å²) in [7, 11) is 0. The largest absolute Gasteiger partial charge is 0.392 e. The van der Waals surface area contributed by atoms with Crippen LogP contribution in [0.2, 0.25) is 0 Å². The number of ether oxygens (including phenoxy) is 1. The summed E-state index contributed by atoms with van der Waals surface area (Å²) in [6.07, 6.45) is 7.25. The molecule has 102 valence electrons. The van der Waals surface area contributed by atoms with Gasteiger partial charge in [-0.05, 0) is 44.4 Å². The first-order valence-electron chi connectivity index (χ1n) is 6.87. The Balaban J connectivity index is 1.68. The number of carbonyl (C=O) groups is 1. The molecule has 3 N–H and O–H groups in total. The lowest BCUT2D eigenvalue weighted by Gasteiger charge is -2.23. The molecule has 2 fully saturated rings. The molecule has 2 unspecified atom stereocenters. The molecule has 1 aliphatic carbocycles. The molecule has 0 radical (unpaired) electrons. The SMILES string of the molecule is NC(=S)C(NC(=O)CCC1CCCCO1)C1CC1. The average molecular weight is 270 g/mol. The van der Waals surface area contributed by atoms with E-state index in [0.717, 1.165) is 38.7 Å². The van der Waals surface area contributed by atoms with Gasteiger partial charge in [-0.1, -0.05) is 12.2 Å². The standard InChI is InChI=1S/C13H22N2O2S/c14-13(18)12(9-4-5-9)15-11(16)7-6-10-3-1-2-8-17-10/h9-10,12H,1-8H2,(H2,14,18)(H,15,16). The van der Waals surface area contributed by atoms with Crippen molar-refractivity contribution < 1.29 is 9.53 Å². The molecule has 0 aromatic rings. The van der Waals surface area contributed by atoms with Crippen molar-refractivity contribution in [3.8, 4) is 0 Å². The molecule has 0 aromatic heterocycles. The molecule has 2 rings (SSSR count). The number of carbonyl (C=O) groups excluding carboxylic acids is 1. The summed E-state index contributed by atoms with van der Waals surface area (Å²) in [6, 6.07) is -0.0974. The van der Waals surface area contributed by atoms with Crippen molar-refractivity contribution in [2.45, 2.75) is 57.1 Å². The van der Waals surface area contributed by atoms with Gasteiger partial charge in [0, 0.05) is 13.0 Å². The Morgan fingerprint density at radius 1 is 1.39 bits per heavy atom. The monoisotopic (exact) mass is 270 g/mol. The van der Waals surface area contributed by atoms with E-state index >= 15 is 0 Å². The molecule has 2 aliphatic rings. The maximum atomic E-state index is 11.9. The van der Waals surface area contributed by atoms with Gasteiger partial charge < -0.3 is 15.8 Å². The Bertz CT molecular complexity index is 312. The van der Waals surface area contributed by atoms with Crippen LogP contribution in [0.15, 0.2) is 0 Å². The van der Waals surface area contributed by atoms with Crippen LogP contribution < -0.4 is 11.1 Å². The second kappa shape index (κ2) is 6.48. The Morgan fingerprint density at radius 3 is 2.72 bits per heavy atom. The quantitative estimate of drug-likeness (QED) is 0.718. The number of hydrogen-bond donors (Lipinski definition) is 2. The van der Waals surface area contributed by atoms with Gasteiger partial charge in [0.25, 0.3) is 0 Å². The van der Waals surface area contributed by atoms with E-state index in [9.17, 15) is 4.79 Å². The molecule has 1 saturated carbocycles. The van der Waals surface area contributed by atoms with Crippen molar-refractivity contribution in [3.63, 3.8) is 0 Å². The molecule has 4 nitrogen and oxygen atoms in total. The molecule has 18 heavy (non-hydrogen) atoms. The van der Waals surface area contributed by atoms with Gasteiger partial charge in [0.2, 0.25) is 5.91 Å².